The van der Waals surface area contributed by atoms with Gasteiger partial charge in [-0.15, -0.1) is 0 Å². The Morgan fingerprint density at radius 2 is 1.89 bits per heavy atom. The summed E-state index contributed by atoms with van der Waals surface area (Å²) < 4.78 is 0. The number of thiophene rings is 1. The van der Waals surface area contributed by atoms with Crippen LogP contribution in [0, 0.1) is 6.92 Å². The Labute approximate surface area is 117 Å². The van der Waals surface area contributed by atoms with E-state index in [0.29, 0.717) is 0 Å². The van der Waals surface area contributed by atoms with E-state index < -0.39 is 6.04 Å². The van der Waals surface area contributed by atoms with E-state index in [-0.39, 0.29) is 11.9 Å². The van der Waals surface area contributed by atoms with Crippen molar-refractivity contribution in [2.24, 2.45) is 5.73 Å². The second kappa shape index (κ2) is 5.99. The number of carbonyl (C=O) groups is 1. The molecule has 0 saturated heterocycles. The van der Waals surface area contributed by atoms with Gasteiger partial charge in [-0.25, -0.2) is 0 Å². The van der Waals surface area contributed by atoms with Gasteiger partial charge in [0.05, 0.1) is 6.04 Å². The van der Waals surface area contributed by atoms with Crippen LogP contribution in [0.25, 0.3) is 0 Å². The molecule has 19 heavy (non-hydrogen) atoms. The van der Waals surface area contributed by atoms with E-state index in [4.69, 9.17) is 5.73 Å². The Bertz CT molecular complexity index is 534. The van der Waals surface area contributed by atoms with E-state index in [1.165, 1.54) is 0 Å². The predicted molar refractivity (Wildman–Crippen MR) is 79.0 cm³/mol. The van der Waals surface area contributed by atoms with Gasteiger partial charge in [-0.3, -0.25) is 4.79 Å². The molecule has 0 saturated carbocycles. The van der Waals surface area contributed by atoms with Crippen LogP contribution in [0.5, 0.6) is 0 Å². The van der Waals surface area contributed by atoms with Crippen LogP contribution in [0.3, 0.4) is 0 Å². The molecule has 2 aromatic rings. The molecule has 4 heteroatoms. The molecule has 2 atom stereocenters. The number of hydrogen-bond acceptors (Lipinski definition) is 3. The van der Waals surface area contributed by atoms with Crippen molar-refractivity contribution in [3.05, 3.63) is 57.8 Å². The highest BCUT2D eigenvalue weighted by Crippen LogP contribution is 2.17. The fourth-order valence-electron chi connectivity index (χ4n) is 1.83. The molecule has 2 rings (SSSR count). The van der Waals surface area contributed by atoms with Crippen LogP contribution in [0.1, 0.15) is 35.7 Å². The maximum atomic E-state index is 12.1. The third-order valence-electron chi connectivity index (χ3n) is 3.12. The fourth-order valence-corrected chi connectivity index (χ4v) is 2.59. The molecule has 0 spiro atoms. The van der Waals surface area contributed by atoms with E-state index >= 15 is 0 Å². The number of benzene rings is 1. The normalized spacial score (nSPS) is 13.8. The van der Waals surface area contributed by atoms with Crippen molar-refractivity contribution in [3.63, 3.8) is 0 Å². The molecule has 0 aliphatic rings. The van der Waals surface area contributed by atoms with Crippen LogP contribution in [-0.4, -0.2) is 5.91 Å². The Morgan fingerprint density at radius 1 is 1.21 bits per heavy atom. The minimum Gasteiger partial charge on any atom is -0.348 e. The quantitative estimate of drug-likeness (QED) is 0.900. The summed E-state index contributed by atoms with van der Waals surface area (Å²) in [5.74, 6) is -0.150. The Kier molecular flexibility index (Phi) is 4.35. The minimum atomic E-state index is -0.623. The summed E-state index contributed by atoms with van der Waals surface area (Å²) in [7, 11) is 0. The summed E-state index contributed by atoms with van der Waals surface area (Å²) in [6.07, 6.45) is 0. The molecule has 0 bridgehead atoms. The van der Waals surface area contributed by atoms with Gasteiger partial charge in [-0.05, 0) is 41.8 Å². The Hall–Kier alpha value is -1.65. The molecular weight excluding hydrogens is 256 g/mol. The zero-order valence-electron chi connectivity index (χ0n) is 11.1. The predicted octanol–water partition coefficient (Wildman–Crippen LogP) is 2.93. The molecule has 0 fully saturated rings. The molecule has 100 valence electrons. The van der Waals surface area contributed by atoms with Crippen molar-refractivity contribution < 1.29 is 4.79 Å². The molecule has 0 aliphatic heterocycles. The van der Waals surface area contributed by atoms with Gasteiger partial charge in [0, 0.05) is 0 Å². The highest BCUT2D eigenvalue weighted by atomic mass is 32.1. The van der Waals surface area contributed by atoms with Crippen molar-refractivity contribution in [2.45, 2.75) is 25.9 Å². The topological polar surface area (TPSA) is 55.1 Å². The zero-order valence-corrected chi connectivity index (χ0v) is 11.9. The smallest absolute Gasteiger partial charge is 0.241 e. The lowest BCUT2D eigenvalue weighted by Gasteiger charge is -2.17. The van der Waals surface area contributed by atoms with Gasteiger partial charge in [0.25, 0.3) is 0 Å². The lowest BCUT2D eigenvalue weighted by atomic mass is 10.0. The summed E-state index contributed by atoms with van der Waals surface area (Å²) in [5.41, 5.74) is 9.08. The lowest BCUT2D eigenvalue weighted by molar-refractivity contribution is -0.123. The van der Waals surface area contributed by atoms with Gasteiger partial charge in [-0.2, -0.15) is 11.3 Å². The highest BCUT2D eigenvalue weighted by Gasteiger charge is 2.18. The molecule has 1 heterocycles. The third-order valence-corrected chi connectivity index (χ3v) is 3.82. The average molecular weight is 274 g/mol. The fraction of sp³-hybridized carbons (Fsp3) is 0.267. The molecule has 1 aromatic heterocycles. The van der Waals surface area contributed by atoms with Crippen LogP contribution >= 0.6 is 11.3 Å². The maximum absolute atomic E-state index is 12.1. The largest absolute Gasteiger partial charge is 0.348 e. The van der Waals surface area contributed by atoms with E-state index in [9.17, 15) is 4.79 Å². The standard InChI is InChI=1S/C15H18N2OS/c1-10-3-5-12(6-4-10)14(16)15(18)17-11(2)13-7-8-19-9-13/h3-9,11,14H,16H2,1-2H3,(H,17,18). The summed E-state index contributed by atoms with van der Waals surface area (Å²) in [6, 6.07) is 9.09. The van der Waals surface area contributed by atoms with Gasteiger partial charge >= 0.3 is 0 Å². The van der Waals surface area contributed by atoms with Crippen LogP contribution in [0.4, 0.5) is 0 Å². The van der Waals surface area contributed by atoms with Crippen LogP contribution < -0.4 is 11.1 Å². The second-order valence-corrected chi connectivity index (χ2v) is 5.46. The maximum Gasteiger partial charge on any atom is 0.241 e. The number of aryl methyl sites for hydroxylation is 1. The van der Waals surface area contributed by atoms with Crippen LogP contribution in [0.15, 0.2) is 41.1 Å². The number of nitrogens with one attached hydrogen (secondary N) is 1. The first kappa shape index (κ1) is 13.8. The number of rotatable bonds is 4. The second-order valence-electron chi connectivity index (χ2n) is 4.68. The van der Waals surface area contributed by atoms with Gasteiger partial charge < -0.3 is 11.1 Å². The first-order chi connectivity index (χ1) is 9.08. The van der Waals surface area contributed by atoms with E-state index in [2.05, 4.69) is 5.32 Å². The molecule has 3 nitrogen and oxygen atoms in total. The molecule has 1 amide bonds. The van der Waals surface area contributed by atoms with Crippen molar-refractivity contribution in [1.29, 1.82) is 0 Å². The minimum absolute atomic E-state index is 0.0183. The molecule has 3 N–H and O–H groups in total. The van der Waals surface area contributed by atoms with Crippen molar-refractivity contribution >= 4 is 17.2 Å². The highest BCUT2D eigenvalue weighted by molar-refractivity contribution is 7.07. The van der Waals surface area contributed by atoms with Crippen molar-refractivity contribution in [1.82, 2.24) is 5.32 Å². The molecule has 0 aliphatic carbocycles. The van der Waals surface area contributed by atoms with E-state index in [1.807, 2.05) is 54.9 Å². The number of hydrogen-bond donors (Lipinski definition) is 2. The van der Waals surface area contributed by atoms with Crippen molar-refractivity contribution in [3.8, 4) is 0 Å². The SMILES string of the molecule is Cc1ccc(C(N)C(=O)NC(C)c2ccsc2)cc1. The number of carbonyl (C=O) groups excluding carboxylic acids is 1. The Balaban J connectivity index is 2.01. The molecule has 1 aromatic carbocycles. The number of amides is 1. The molecule has 0 radical (unpaired) electrons. The van der Waals surface area contributed by atoms with Crippen molar-refractivity contribution in [2.75, 3.05) is 0 Å². The summed E-state index contributed by atoms with van der Waals surface area (Å²) in [5, 5.41) is 6.97. The van der Waals surface area contributed by atoms with Gasteiger partial charge in [0.15, 0.2) is 0 Å². The van der Waals surface area contributed by atoms with Gasteiger partial charge in [0.2, 0.25) is 5.91 Å². The van der Waals surface area contributed by atoms with Crippen LogP contribution in [0.2, 0.25) is 0 Å². The zero-order chi connectivity index (χ0) is 13.8. The first-order valence-electron chi connectivity index (χ1n) is 6.22. The number of nitrogens with two attached hydrogens (primary N) is 1. The van der Waals surface area contributed by atoms with E-state index in [1.54, 1.807) is 11.3 Å². The molecule has 2 unspecified atom stereocenters. The van der Waals surface area contributed by atoms with Gasteiger partial charge in [0.1, 0.15) is 6.04 Å². The third kappa shape index (κ3) is 3.43. The summed E-state index contributed by atoms with van der Waals surface area (Å²) >= 11 is 1.62. The van der Waals surface area contributed by atoms with Crippen LogP contribution in [-0.2, 0) is 4.79 Å². The van der Waals surface area contributed by atoms with E-state index in [0.717, 1.165) is 16.7 Å². The summed E-state index contributed by atoms with van der Waals surface area (Å²) in [4.78, 5) is 12.1. The summed E-state index contributed by atoms with van der Waals surface area (Å²) in [6.45, 7) is 3.97. The Morgan fingerprint density at radius 3 is 2.47 bits per heavy atom. The average Bonchev–Trinajstić information content (AvgIpc) is 2.92. The monoisotopic (exact) mass is 274 g/mol. The lowest BCUT2D eigenvalue weighted by Crippen LogP contribution is -2.35. The first-order valence-corrected chi connectivity index (χ1v) is 7.17. The molecular formula is C15H18N2OS. The van der Waals surface area contributed by atoms with Gasteiger partial charge in [-0.1, -0.05) is 29.8 Å².